The number of halogens is 1. The third kappa shape index (κ3) is 7.68. The molecule has 0 aliphatic heterocycles. The van der Waals surface area contributed by atoms with Crippen LogP contribution in [0.4, 0.5) is 0 Å². The molecule has 0 saturated heterocycles. The summed E-state index contributed by atoms with van der Waals surface area (Å²) in [6.45, 7) is 7.97. The molecule has 1 amide bonds. The first-order valence-corrected chi connectivity index (χ1v) is 7.01. The van der Waals surface area contributed by atoms with Crippen LogP contribution in [-0.4, -0.2) is 5.91 Å². The lowest BCUT2D eigenvalue weighted by Crippen LogP contribution is -2.15. The Hall–Kier alpha value is -1.28. The fraction of sp³-hybridized carbons (Fsp3) is 0.438. The first kappa shape index (κ1) is 17.7. The molecule has 0 aliphatic carbocycles. The van der Waals surface area contributed by atoms with E-state index in [0.717, 1.165) is 24.8 Å². The fourth-order valence-corrected chi connectivity index (χ4v) is 1.50. The Labute approximate surface area is 121 Å². The van der Waals surface area contributed by atoms with Gasteiger partial charge in [0.25, 0.3) is 0 Å². The van der Waals surface area contributed by atoms with Gasteiger partial charge in [-0.25, -0.2) is 0 Å². The van der Waals surface area contributed by atoms with Crippen LogP contribution in [0.5, 0.6) is 0 Å². The van der Waals surface area contributed by atoms with Crippen molar-refractivity contribution in [3.8, 4) is 0 Å². The van der Waals surface area contributed by atoms with Crippen molar-refractivity contribution in [3.63, 3.8) is 0 Å². The molecule has 2 nitrogen and oxygen atoms in total. The van der Waals surface area contributed by atoms with Gasteiger partial charge in [-0.15, -0.1) is 0 Å². The Morgan fingerprint density at radius 1 is 1.21 bits per heavy atom. The maximum absolute atomic E-state index is 11.6. The number of amides is 1. The van der Waals surface area contributed by atoms with E-state index in [9.17, 15) is 4.79 Å². The molecule has 2 N–H and O–H groups in total. The minimum absolute atomic E-state index is 0.402. The van der Waals surface area contributed by atoms with Crippen LogP contribution in [0.15, 0.2) is 46.1 Å². The lowest BCUT2D eigenvalue weighted by Gasteiger charge is -2.06. The second-order valence-electron chi connectivity index (χ2n) is 4.49. The van der Waals surface area contributed by atoms with Crippen LogP contribution in [0, 0.1) is 0 Å². The van der Waals surface area contributed by atoms with E-state index in [4.69, 9.17) is 17.3 Å². The number of primary amides is 1. The molecule has 0 heterocycles. The first-order valence-electron chi connectivity index (χ1n) is 6.63. The second kappa shape index (κ2) is 9.62. The lowest BCUT2D eigenvalue weighted by atomic mass is 10.00. The van der Waals surface area contributed by atoms with Crippen molar-refractivity contribution >= 4 is 17.5 Å². The second-order valence-corrected chi connectivity index (χ2v) is 5.09. The largest absolute Gasteiger partial charge is 0.366 e. The fourth-order valence-electron chi connectivity index (χ4n) is 1.44. The maximum atomic E-state index is 11.6. The molecule has 0 aliphatic rings. The van der Waals surface area contributed by atoms with Gasteiger partial charge in [0.05, 0.1) is 0 Å². The summed E-state index contributed by atoms with van der Waals surface area (Å²) in [6.07, 6.45) is 10.2. The standard InChI is InChI=1S/C16H24ClNO/c1-5-7-8-15(16(18)19)14(10-9-13(4)17)11-12(3)6-2/h8-11H,5-7H2,1-4H3,(H2,18,19)/b12-11+,13-9+,14-10+,15-8+. The van der Waals surface area contributed by atoms with Gasteiger partial charge in [0.15, 0.2) is 0 Å². The Bertz CT molecular complexity index is 424. The summed E-state index contributed by atoms with van der Waals surface area (Å²) in [4.78, 5) is 11.6. The number of hydrogen-bond acceptors (Lipinski definition) is 1. The Kier molecular flexibility index (Phi) is 8.98. The molecule has 0 spiro atoms. The van der Waals surface area contributed by atoms with Crippen molar-refractivity contribution in [2.24, 2.45) is 5.73 Å². The topological polar surface area (TPSA) is 43.1 Å². The van der Waals surface area contributed by atoms with E-state index in [1.165, 1.54) is 5.57 Å². The highest BCUT2D eigenvalue weighted by Crippen LogP contribution is 2.17. The third-order valence-electron chi connectivity index (χ3n) is 2.67. The van der Waals surface area contributed by atoms with Crippen molar-refractivity contribution in [1.29, 1.82) is 0 Å². The first-order chi connectivity index (χ1) is 8.92. The van der Waals surface area contributed by atoms with Crippen LogP contribution in [0.1, 0.15) is 47.0 Å². The van der Waals surface area contributed by atoms with Gasteiger partial charge in [-0.05, 0) is 38.3 Å². The molecule has 0 aromatic heterocycles. The van der Waals surface area contributed by atoms with Gasteiger partial charge in [-0.2, -0.15) is 0 Å². The summed E-state index contributed by atoms with van der Waals surface area (Å²) in [7, 11) is 0. The molecule has 0 fully saturated rings. The zero-order valence-electron chi connectivity index (χ0n) is 12.3. The zero-order valence-corrected chi connectivity index (χ0v) is 13.1. The molecule has 19 heavy (non-hydrogen) atoms. The number of unbranched alkanes of at least 4 members (excludes halogenated alkanes) is 1. The lowest BCUT2D eigenvalue weighted by molar-refractivity contribution is -0.114. The highest BCUT2D eigenvalue weighted by molar-refractivity contribution is 6.29. The maximum Gasteiger partial charge on any atom is 0.248 e. The van der Waals surface area contributed by atoms with Crippen molar-refractivity contribution in [1.82, 2.24) is 0 Å². The number of hydrogen-bond donors (Lipinski definition) is 1. The Morgan fingerprint density at radius 3 is 2.26 bits per heavy atom. The molecule has 0 rings (SSSR count). The highest BCUT2D eigenvalue weighted by Gasteiger charge is 2.08. The molecule has 3 heteroatoms. The van der Waals surface area contributed by atoms with E-state index in [2.05, 4.69) is 13.8 Å². The summed E-state index contributed by atoms with van der Waals surface area (Å²) in [5.74, 6) is -0.402. The van der Waals surface area contributed by atoms with Gasteiger partial charge in [0, 0.05) is 10.6 Å². The molecule has 0 radical (unpaired) electrons. The van der Waals surface area contributed by atoms with Gasteiger partial charge >= 0.3 is 0 Å². The molecule has 0 aromatic carbocycles. The predicted molar refractivity (Wildman–Crippen MR) is 83.9 cm³/mol. The van der Waals surface area contributed by atoms with Crippen molar-refractivity contribution in [2.45, 2.75) is 47.0 Å². The van der Waals surface area contributed by atoms with Crippen LogP contribution in [0.2, 0.25) is 0 Å². The highest BCUT2D eigenvalue weighted by atomic mass is 35.5. The van der Waals surface area contributed by atoms with Gasteiger partial charge in [0.1, 0.15) is 0 Å². The summed E-state index contributed by atoms with van der Waals surface area (Å²) < 4.78 is 0. The monoisotopic (exact) mass is 281 g/mol. The normalized spacial score (nSPS) is 14.8. The molecule has 0 bridgehead atoms. The number of allylic oxidation sites excluding steroid dienone is 6. The third-order valence-corrected chi connectivity index (χ3v) is 2.79. The molecular formula is C16H24ClNO. The van der Waals surface area contributed by atoms with Gasteiger partial charge in [0.2, 0.25) is 5.91 Å². The minimum Gasteiger partial charge on any atom is -0.366 e. The Balaban J connectivity index is 5.60. The summed E-state index contributed by atoms with van der Waals surface area (Å²) >= 11 is 5.84. The van der Waals surface area contributed by atoms with E-state index in [-0.39, 0.29) is 0 Å². The summed E-state index contributed by atoms with van der Waals surface area (Å²) in [5, 5.41) is 0.666. The molecule has 0 atom stereocenters. The average molecular weight is 282 g/mol. The molecule has 106 valence electrons. The summed E-state index contributed by atoms with van der Waals surface area (Å²) in [5.41, 5.74) is 8.04. The van der Waals surface area contributed by atoms with Crippen LogP contribution < -0.4 is 5.73 Å². The number of carbonyl (C=O) groups excluding carboxylic acids is 1. The average Bonchev–Trinajstić information content (AvgIpc) is 2.35. The Morgan fingerprint density at radius 2 is 1.84 bits per heavy atom. The van der Waals surface area contributed by atoms with Crippen molar-refractivity contribution < 1.29 is 4.79 Å². The SMILES string of the molecule is CCC/C=C(/C(N)=O)C(=C/C=C(\C)Cl)/C=C(\C)CC. The number of rotatable bonds is 7. The number of carbonyl (C=O) groups is 1. The van der Waals surface area contributed by atoms with E-state index in [0.29, 0.717) is 10.6 Å². The molecule has 0 unspecified atom stereocenters. The molecular weight excluding hydrogens is 258 g/mol. The van der Waals surface area contributed by atoms with Crippen LogP contribution in [-0.2, 0) is 4.79 Å². The van der Waals surface area contributed by atoms with Crippen LogP contribution >= 0.6 is 11.6 Å². The van der Waals surface area contributed by atoms with Gasteiger partial charge in [-0.1, -0.05) is 55.7 Å². The minimum atomic E-state index is -0.402. The zero-order chi connectivity index (χ0) is 14.8. The predicted octanol–water partition coefficient (Wildman–Crippen LogP) is 4.62. The van der Waals surface area contributed by atoms with Crippen LogP contribution in [0.3, 0.4) is 0 Å². The van der Waals surface area contributed by atoms with Crippen LogP contribution in [0.25, 0.3) is 0 Å². The summed E-state index contributed by atoms with van der Waals surface area (Å²) in [6, 6.07) is 0. The number of nitrogens with two attached hydrogens (primary N) is 1. The van der Waals surface area contributed by atoms with E-state index < -0.39 is 5.91 Å². The van der Waals surface area contributed by atoms with E-state index >= 15 is 0 Å². The molecule has 0 saturated carbocycles. The van der Waals surface area contributed by atoms with E-state index in [1.807, 2.05) is 25.2 Å². The van der Waals surface area contributed by atoms with Gasteiger partial charge in [-0.3, -0.25) is 4.79 Å². The van der Waals surface area contributed by atoms with Crippen molar-refractivity contribution in [3.05, 3.63) is 46.1 Å². The molecule has 0 aromatic rings. The van der Waals surface area contributed by atoms with E-state index in [1.54, 1.807) is 13.0 Å². The smallest absolute Gasteiger partial charge is 0.248 e. The van der Waals surface area contributed by atoms with Gasteiger partial charge < -0.3 is 5.73 Å². The van der Waals surface area contributed by atoms with Crippen molar-refractivity contribution in [2.75, 3.05) is 0 Å². The quantitative estimate of drug-likeness (QED) is 0.537.